The fraction of sp³-hybridized carbons (Fsp3) is 0.263. The minimum absolute atomic E-state index is 0.0157. The van der Waals surface area contributed by atoms with Crippen LogP contribution in [0.2, 0.25) is 0 Å². The standard InChI is InChI=1S/C19H18FN3O5/c20-15-9-8-14(10-16(15)23(27)28)22-18(25)17(24)21-11-19(26,13-6-7-13)12-4-2-1-3-5-12/h1-5,8-10,13,26H,6-7,11H2,(H,21,24)(H,22,25). The van der Waals surface area contributed by atoms with Gasteiger partial charge in [0.15, 0.2) is 0 Å². The Bertz CT molecular complexity index is 917. The Kier molecular flexibility index (Phi) is 5.36. The molecular weight excluding hydrogens is 369 g/mol. The monoisotopic (exact) mass is 387 g/mol. The van der Waals surface area contributed by atoms with Crippen LogP contribution in [0.4, 0.5) is 15.8 Å². The van der Waals surface area contributed by atoms with E-state index < -0.39 is 33.8 Å². The Morgan fingerprint density at radius 2 is 1.86 bits per heavy atom. The molecular formula is C19H18FN3O5. The van der Waals surface area contributed by atoms with Crippen molar-refractivity contribution in [1.29, 1.82) is 0 Å². The number of hydrogen-bond donors (Lipinski definition) is 3. The number of nitro groups is 1. The number of amides is 2. The first kappa shape index (κ1) is 19.4. The Balaban J connectivity index is 1.65. The molecule has 1 unspecified atom stereocenters. The Hall–Kier alpha value is -3.33. The number of aliphatic hydroxyl groups is 1. The van der Waals surface area contributed by atoms with Crippen molar-refractivity contribution in [2.75, 3.05) is 11.9 Å². The van der Waals surface area contributed by atoms with E-state index in [-0.39, 0.29) is 18.2 Å². The molecule has 1 atom stereocenters. The van der Waals surface area contributed by atoms with E-state index >= 15 is 0 Å². The van der Waals surface area contributed by atoms with Crippen molar-refractivity contribution in [2.24, 2.45) is 5.92 Å². The lowest BCUT2D eigenvalue weighted by molar-refractivity contribution is -0.387. The molecule has 0 saturated heterocycles. The van der Waals surface area contributed by atoms with Gasteiger partial charge in [0.25, 0.3) is 0 Å². The van der Waals surface area contributed by atoms with Crippen LogP contribution in [0.3, 0.4) is 0 Å². The molecule has 3 N–H and O–H groups in total. The van der Waals surface area contributed by atoms with Gasteiger partial charge in [0.1, 0.15) is 5.60 Å². The first-order valence-corrected chi connectivity index (χ1v) is 8.62. The molecule has 0 aliphatic heterocycles. The highest BCUT2D eigenvalue weighted by Gasteiger charge is 2.45. The second kappa shape index (κ2) is 7.73. The highest BCUT2D eigenvalue weighted by atomic mass is 19.1. The molecule has 8 nitrogen and oxygen atoms in total. The number of nitrogens with one attached hydrogen (secondary N) is 2. The topological polar surface area (TPSA) is 122 Å². The number of anilines is 1. The number of halogens is 1. The van der Waals surface area contributed by atoms with Crippen molar-refractivity contribution in [3.8, 4) is 0 Å². The number of hydrogen-bond acceptors (Lipinski definition) is 5. The molecule has 146 valence electrons. The molecule has 1 fully saturated rings. The summed E-state index contributed by atoms with van der Waals surface area (Å²) < 4.78 is 13.3. The van der Waals surface area contributed by atoms with Gasteiger partial charge in [-0.15, -0.1) is 0 Å². The maximum atomic E-state index is 13.3. The van der Waals surface area contributed by atoms with Crippen molar-refractivity contribution in [2.45, 2.75) is 18.4 Å². The highest BCUT2D eigenvalue weighted by Crippen LogP contribution is 2.45. The number of nitro benzene ring substituents is 1. The van der Waals surface area contributed by atoms with Gasteiger partial charge >= 0.3 is 17.5 Å². The second-order valence-electron chi connectivity index (χ2n) is 6.62. The summed E-state index contributed by atoms with van der Waals surface area (Å²) in [5, 5.41) is 26.3. The van der Waals surface area contributed by atoms with Gasteiger partial charge in [-0.25, -0.2) is 0 Å². The summed E-state index contributed by atoms with van der Waals surface area (Å²) in [7, 11) is 0. The van der Waals surface area contributed by atoms with Gasteiger partial charge in [0.05, 0.1) is 11.5 Å². The largest absolute Gasteiger partial charge is 0.383 e. The highest BCUT2D eigenvalue weighted by molar-refractivity contribution is 6.39. The minimum atomic E-state index is -1.29. The van der Waals surface area contributed by atoms with Gasteiger partial charge in [-0.3, -0.25) is 19.7 Å². The lowest BCUT2D eigenvalue weighted by Gasteiger charge is -2.29. The van der Waals surface area contributed by atoms with Crippen LogP contribution in [0.1, 0.15) is 18.4 Å². The lowest BCUT2D eigenvalue weighted by atomic mass is 9.88. The summed E-state index contributed by atoms with van der Waals surface area (Å²) in [6.07, 6.45) is 1.62. The van der Waals surface area contributed by atoms with Crippen LogP contribution in [0, 0.1) is 21.8 Å². The van der Waals surface area contributed by atoms with Crippen molar-refractivity contribution in [3.63, 3.8) is 0 Å². The second-order valence-corrected chi connectivity index (χ2v) is 6.62. The van der Waals surface area contributed by atoms with E-state index in [9.17, 15) is 29.2 Å². The molecule has 2 aromatic rings. The van der Waals surface area contributed by atoms with Gasteiger partial charge < -0.3 is 15.7 Å². The summed E-state index contributed by atoms with van der Waals surface area (Å²) in [5.41, 5.74) is -1.54. The third-order valence-corrected chi connectivity index (χ3v) is 4.65. The molecule has 3 rings (SSSR count). The van der Waals surface area contributed by atoms with Gasteiger partial charge in [-0.2, -0.15) is 4.39 Å². The van der Waals surface area contributed by atoms with Crippen molar-refractivity contribution >= 4 is 23.2 Å². The van der Waals surface area contributed by atoms with Crippen LogP contribution in [-0.2, 0) is 15.2 Å². The molecule has 0 bridgehead atoms. The number of carbonyl (C=O) groups excluding carboxylic acids is 2. The SMILES string of the molecule is O=C(NCC(O)(c1ccccc1)C1CC1)C(=O)Nc1ccc(F)c([N+](=O)[O-])c1. The van der Waals surface area contributed by atoms with Gasteiger partial charge in [-0.1, -0.05) is 30.3 Å². The zero-order valence-electron chi connectivity index (χ0n) is 14.7. The van der Waals surface area contributed by atoms with Crippen molar-refractivity contribution in [3.05, 3.63) is 70.0 Å². The summed E-state index contributed by atoms with van der Waals surface area (Å²) in [6, 6.07) is 11.6. The Morgan fingerprint density at radius 1 is 1.18 bits per heavy atom. The van der Waals surface area contributed by atoms with E-state index in [1.807, 2.05) is 6.07 Å². The first-order valence-electron chi connectivity index (χ1n) is 8.62. The molecule has 2 aromatic carbocycles. The zero-order chi connectivity index (χ0) is 20.3. The summed E-state index contributed by atoms with van der Waals surface area (Å²) in [5.74, 6) is -3.16. The van der Waals surface area contributed by atoms with Crippen LogP contribution in [0.15, 0.2) is 48.5 Å². The van der Waals surface area contributed by atoms with Crippen LogP contribution in [0.5, 0.6) is 0 Å². The number of benzene rings is 2. The predicted octanol–water partition coefficient (Wildman–Crippen LogP) is 2.09. The van der Waals surface area contributed by atoms with Crippen LogP contribution in [-0.4, -0.2) is 28.4 Å². The van der Waals surface area contributed by atoms with Gasteiger partial charge in [-0.05, 0) is 36.5 Å². The van der Waals surface area contributed by atoms with E-state index in [1.54, 1.807) is 24.3 Å². The Labute approximate surface area is 159 Å². The molecule has 2 amide bonds. The molecule has 9 heteroatoms. The van der Waals surface area contributed by atoms with E-state index in [2.05, 4.69) is 10.6 Å². The van der Waals surface area contributed by atoms with Crippen molar-refractivity contribution < 1.29 is 24.0 Å². The fourth-order valence-corrected chi connectivity index (χ4v) is 2.98. The van der Waals surface area contributed by atoms with E-state index in [0.29, 0.717) is 5.56 Å². The first-order chi connectivity index (χ1) is 13.3. The maximum absolute atomic E-state index is 13.3. The van der Waals surface area contributed by atoms with Crippen LogP contribution >= 0.6 is 0 Å². The van der Waals surface area contributed by atoms with Crippen LogP contribution < -0.4 is 10.6 Å². The van der Waals surface area contributed by atoms with E-state index in [1.165, 1.54) is 0 Å². The summed E-state index contributed by atoms with van der Waals surface area (Å²) >= 11 is 0. The Morgan fingerprint density at radius 3 is 2.46 bits per heavy atom. The molecule has 0 heterocycles. The molecule has 1 saturated carbocycles. The maximum Gasteiger partial charge on any atom is 0.313 e. The molecule has 1 aliphatic carbocycles. The normalized spacial score (nSPS) is 15.4. The molecule has 28 heavy (non-hydrogen) atoms. The molecule has 0 spiro atoms. The average molecular weight is 387 g/mol. The predicted molar refractivity (Wildman–Crippen MR) is 97.8 cm³/mol. The van der Waals surface area contributed by atoms with Crippen LogP contribution in [0.25, 0.3) is 0 Å². The van der Waals surface area contributed by atoms with Gasteiger partial charge in [0.2, 0.25) is 5.82 Å². The minimum Gasteiger partial charge on any atom is -0.383 e. The van der Waals surface area contributed by atoms with E-state index in [0.717, 1.165) is 31.0 Å². The molecule has 0 radical (unpaired) electrons. The zero-order valence-corrected chi connectivity index (χ0v) is 14.7. The lowest BCUT2D eigenvalue weighted by Crippen LogP contribution is -2.45. The summed E-state index contributed by atoms with van der Waals surface area (Å²) in [6.45, 7) is -0.155. The van der Waals surface area contributed by atoms with E-state index in [4.69, 9.17) is 0 Å². The number of nitrogens with zero attached hydrogens (tertiary/aromatic N) is 1. The number of rotatable bonds is 6. The summed E-state index contributed by atoms with van der Waals surface area (Å²) in [4.78, 5) is 34.0. The third-order valence-electron chi connectivity index (χ3n) is 4.65. The smallest absolute Gasteiger partial charge is 0.313 e. The average Bonchev–Trinajstić information content (AvgIpc) is 3.53. The fourth-order valence-electron chi connectivity index (χ4n) is 2.98. The molecule has 1 aliphatic rings. The number of carbonyl (C=O) groups is 2. The van der Waals surface area contributed by atoms with Crippen molar-refractivity contribution in [1.82, 2.24) is 5.32 Å². The van der Waals surface area contributed by atoms with Gasteiger partial charge in [0, 0.05) is 11.8 Å². The third kappa shape index (κ3) is 4.15. The quantitative estimate of drug-likeness (QED) is 0.398. The molecule has 0 aromatic heterocycles.